The van der Waals surface area contributed by atoms with Crippen molar-refractivity contribution in [2.45, 2.75) is 30.9 Å². The van der Waals surface area contributed by atoms with Gasteiger partial charge in [-0.05, 0) is 37.1 Å². The van der Waals surface area contributed by atoms with Crippen molar-refractivity contribution >= 4 is 12.4 Å². The Balaban J connectivity index is 0.00000210. The number of aliphatic hydroxyl groups is 1. The smallest absolute Gasteiger partial charge is 0.200 e. The third-order valence-electron chi connectivity index (χ3n) is 4.56. The zero-order chi connectivity index (χ0) is 18.3. The molecule has 0 amide bonds. The Morgan fingerprint density at radius 2 is 1.85 bits per heavy atom. The minimum absolute atomic E-state index is 0. The van der Waals surface area contributed by atoms with E-state index in [1.165, 1.54) is 16.8 Å². The van der Waals surface area contributed by atoms with Crippen LogP contribution in [0.25, 0.3) is 17.2 Å². The van der Waals surface area contributed by atoms with Crippen molar-refractivity contribution in [3.05, 3.63) is 60.1 Å². The van der Waals surface area contributed by atoms with Crippen LogP contribution >= 0.6 is 12.4 Å². The lowest BCUT2D eigenvalue weighted by Gasteiger charge is -2.11. The number of hydrogen-bond donors (Lipinski definition) is 2. The predicted octanol–water partition coefficient (Wildman–Crippen LogP) is 2.59. The lowest BCUT2D eigenvalue weighted by Crippen LogP contribution is -2.28. The van der Waals surface area contributed by atoms with Gasteiger partial charge in [0.1, 0.15) is 23.2 Å². The van der Waals surface area contributed by atoms with Gasteiger partial charge in [-0.3, -0.25) is 4.98 Å². The molecule has 1 fully saturated rings. The number of nitrogens with two attached hydrogens (primary N) is 1. The van der Waals surface area contributed by atoms with E-state index in [1.807, 2.05) is 0 Å². The Kier molecular flexibility index (Phi) is 5.50. The van der Waals surface area contributed by atoms with Crippen molar-refractivity contribution in [3.63, 3.8) is 0 Å². The molecule has 3 atom stereocenters. The van der Waals surface area contributed by atoms with E-state index in [2.05, 4.69) is 15.1 Å². The highest BCUT2D eigenvalue weighted by Crippen LogP contribution is 2.35. The molecule has 142 valence electrons. The average molecular weight is 394 g/mol. The zero-order valence-electron chi connectivity index (χ0n) is 14.2. The molecule has 2 heterocycles. The minimum atomic E-state index is -0.705. The zero-order valence-corrected chi connectivity index (χ0v) is 15.0. The second-order valence-corrected chi connectivity index (χ2v) is 6.45. The van der Waals surface area contributed by atoms with Crippen LogP contribution in [0.3, 0.4) is 0 Å². The van der Waals surface area contributed by atoms with Gasteiger partial charge in [-0.2, -0.15) is 0 Å². The van der Waals surface area contributed by atoms with Gasteiger partial charge in [0.25, 0.3) is 0 Å². The molecule has 0 bridgehead atoms. The van der Waals surface area contributed by atoms with E-state index >= 15 is 0 Å². The summed E-state index contributed by atoms with van der Waals surface area (Å²) < 4.78 is 28.8. The first kappa shape index (κ1) is 19.3. The van der Waals surface area contributed by atoms with Crippen LogP contribution < -0.4 is 5.73 Å². The Labute approximate surface area is 160 Å². The van der Waals surface area contributed by atoms with Gasteiger partial charge in [0.15, 0.2) is 5.82 Å². The Bertz CT molecular complexity index is 907. The first-order chi connectivity index (χ1) is 12.5. The maximum absolute atomic E-state index is 13.7. The Morgan fingerprint density at radius 3 is 2.44 bits per heavy atom. The molecule has 6 nitrogen and oxygen atoms in total. The van der Waals surface area contributed by atoms with Gasteiger partial charge in [0.2, 0.25) is 0 Å². The van der Waals surface area contributed by atoms with Crippen LogP contribution in [-0.2, 0) is 0 Å². The SMILES string of the molecule is Cl.N[C@@H]1C[C@H](c2nc(-c3ccccn3)nn2-c2cc(F)cc(F)c2)C[C@H]1O. The quantitative estimate of drug-likeness (QED) is 0.713. The number of halogens is 3. The molecule has 0 saturated heterocycles. The normalized spacial score (nSPS) is 21.9. The number of hydrogen-bond acceptors (Lipinski definition) is 5. The summed E-state index contributed by atoms with van der Waals surface area (Å²) in [7, 11) is 0. The fourth-order valence-electron chi connectivity index (χ4n) is 3.30. The van der Waals surface area contributed by atoms with Crippen LogP contribution in [0.2, 0.25) is 0 Å². The minimum Gasteiger partial charge on any atom is -0.391 e. The molecule has 0 aliphatic heterocycles. The summed E-state index contributed by atoms with van der Waals surface area (Å²) in [4.78, 5) is 8.77. The van der Waals surface area contributed by atoms with Crippen LogP contribution in [0, 0.1) is 11.6 Å². The molecule has 1 aliphatic rings. The maximum Gasteiger partial charge on any atom is 0.200 e. The second-order valence-electron chi connectivity index (χ2n) is 6.45. The first-order valence-electron chi connectivity index (χ1n) is 8.30. The van der Waals surface area contributed by atoms with E-state index in [-0.39, 0.29) is 30.1 Å². The first-order valence-corrected chi connectivity index (χ1v) is 8.30. The highest BCUT2D eigenvalue weighted by atomic mass is 35.5. The van der Waals surface area contributed by atoms with Gasteiger partial charge in [-0.25, -0.2) is 18.4 Å². The molecule has 0 spiro atoms. The maximum atomic E-state index is 13.7. The number of nitrogens with zero attached hydrogens (tertiary/aromatic N) is 4. The molecule has 1 saturated carbocycles. The van der Waals surface area contributed by atoms with Crippen molar-refractivity contribution < 1.29 is 13.9 Å². The summed E-state index contributed by atoms with van der Waals surface area (Å²) in [6, 6.07) is 8.14. The lowest BCUT2D eigenvalue weighted by atomic mass is 10.1. The topological polar surface area (TPSA) is 89.9 Å². The molecule has 3 aromatic rings. The van der Waals surface area contributed by atoms with Crippen LogP contribution in [-0.4, -0.2) is 37.0 Å². The fraction of sp³-hybridized carbons (Fsp3) is 0.278. The van der Waals surface area contributed by atoms with Crippen LogP contribution in [0.1, 0.15) is 24.6 Å². The van der Waals surface area contributed by atoms with Gasteiger partial charge < -0.3 is 10.8 Å². The van der Waals surface area contributed by atoms with E-state index < -0.39 is 17.7 Å². The standard InChI is InChI=1S/C18H17F2N5O.ClH/c19-11-7-12(20)9-13(8-11)25-18(10-5-14(21)16(26)6-10)23-17(24-25)15-3-1-2-4-22-15;/h1-4,7-10,14,16,26H,5-6,21H2;1H/t10-,14+,16+;/m0./s1. The highest BCUT2D eigenvalue weighted by molar-refractivity contribution is 5.85. The number of pyridine rings is 1. The van der Waals surface area contributed by atoms with Gasteiger partial charge in [0, 0.05) is 24.2 Å². The van der Waals surface area contributed by atoms with E-state index in [9.17, 15) is 13.9 Å². The highest BCUT2D eigenvalue weighted by Gasteiger charge is 2.35. The van der Waals surface area contributed by atoms with Crippen LogP contribution in [0.15, 0.2) is 42.6 Å². The van der Waals surface area contributed by atoms with E-state index in [4.69, 9.17) is 5.73 Å². The molecule has 1 aliphatic carbocycles. The van der Waals surface area contributed by atoms with Crippen molar-refractivity contribution in [1.29, 1.82) is 0 Å². The number of benzene rings is 1. The summed E-state index contributed by atoms with van der Waals surface area (Å²) >= 11 is 0. The summed E-state index contributed by atoms with van der Waals surface area (Å²) in [5.74, 6) is -0.729. The summed E-state index contributed by atoms with van der Waals surface area (Å²) in [6.45, 7) is 0. The molecule has 27 heavy (non-hydrogen) atoms. The van der Waals surface area contributed by atoms with Gasteiger partial charge >= 0.3 is 0 Å². The third kappa shape index (κ3) is 3.83. The van der Waals surface area contributed by atoms with Crippen molar-refractivity contribution in [2.24, 2.45) is 5.73 Å². The molecule has 3 N–H and O–H groups in total. The molecule has 0 radical (unpaired) electrons. The van der Waals surface area contributed by atoms with E-state index in [1.54, 1.807) is 24.4 Å². The molecule has 9 heteroatoms. The van der Waals surface area contributed by atoms with Crippen molar-refractivity contribution in [3.8, 4) is 17.2 Å². The Hall–Kier alpha value is -2.42. The fourth-order valence-corrected chi connectivity index (χ4v) is 3.30. The molecule has 1 aromatic carbocycles. The average Bonchev–Trinajstić information content (AvgIpc) is 3.19. The number of rotatable bonds is 3. The van der Waals surface area contributed by atoms with Crippen molar-refractivity contribution in [1.82, 2.24) is 19.7 Å². The third-order valence-corrected chi connectivity index (χ3v) is 4.56. The number of aromatic nitrogens is 4. The summed E-state index contributed by atoms with van der Waals surface area (Å²) in [5, 5.41) is 14.4. The second kappa shape index (κ2) is 7.67. The summed E-state index contributed by atoms with van der Waals surface area (Å²) in [5.41, 5.74) is 6.69. The van der Waals surface area contributed by atoms with Gasteiger partial charge in [-0.15, -0.1) is 17.5 Å². The lowest BCUT2D eigenvalue weighted by molar-refractivity contribution is 0.163. The van der Waals surface area contributed by atoms with Crippen molar-refractivity contribution in [2.75, 3.05) is 0 Å². The van der Waals surface area contributed by atoms with E-state index in [0.717, 1.165) is 6.07 Å². The Morgan fingerprint density at radius 1 is 1.11 bits per heavy atom. The van der Waals surface area contributed by atoms with Crippen LogP contribution in [0.5, 0.6) is 0 Å². The van der Waals surface area contributed by atoms with Gasteiger partial charge in [-0.1, -0.05) is 6.07 Å². The number of aliphatic hydroxyl groups excluding tert-OH is 1. The monoisotopic (exact) mass is 393 g/mol. The molecule has 2 aromatic heterocycles. The van der Waals surface area contributed by atoms with Gasteiger partial charge in [0.05, 0.1) is 11.8 Å². The van der Waals surface area contributed by atoms with Crippen LogP contribution in [0.4, 0.5) is 8.78 Å². The largest absolute Gasteiger partial charge is 0.391 e. The molecule has 4 rings (SSSR count). The summed E-state index contributed by atoms with van der Waals surface area (Å²) in [6.07, 6.45) is 1.90. The van der Waals surface area contributed by atoms with E-state index in [0.29, 0.717) is 30.2 Å². The molecular formula is C18H18ClF2N5O. The predicted molar refractivity (Wildman–Crippen MR) is 97.7 cm³/mol. The molecule has 0 unspecified atom stereocenters. The molecular weight excluding hydrogens is 376 g/mol.